The van der Waals surface area contributed by atoms with Gasteiger partial charge >= 0.3 is 17.9 Å². The summed E-state index contributed by atoms with van der Waals surface area (Å²) in [6.45, 7) is 6.34. The first kappa shape index (κ1) is 38.9. The monoisotopic (exact) mass is 545 g/mol. The van der Waals surface area contributed by atoms with Crippen LogP contribution in [0.1, 0.15) is 117 Å². The van der Waals surface area contributed by atoms with E-state index in [-0.39, 0.29) is 26.2 Å². The van der Waals surface area contributed by atoms with E-state index in [1.807, 2.05) is 30.3 Å². The first-order valence-corrected chi connectivity index (χ1v) is 12.1. The molecule has 0 spiro atoms. The average Bonchev–Trinajstić information content (AvgIpc) is 3.33. The number of unbranched alkanes of at least 4 members (excludes halogenated alkanes) is 9. The number of carboxylic acids is 3. The number of carbonyl (C=O) groups is 3. The van der Waals surface area contributed by atoms with Crippen LogP contribution in [0.3, 0.4) is 0 Å². The van der Waals surface area contributed by atoms with Crippen molar-refractivity contribution in [3.63, 3.8) is 0 Å². The maximum Gasteiger partial charge on any atom is 0.303 e. The minimum absolute atomic E-state index is 0. The Morgan fingerprint density at radius 1 is 0.545 bits per heavy atom. The zero-order chi connectivity index (χ0) is 24.9. The van der Waals surface area contributed by atoms with E-state index in [0.717, 1.165) is 57.8 Å². The van der Waals surface area contributed by atoms with Gasteiger partial charge in [0.15, 0.2) is 0 Å². The number of carboxylic acid groups (broad SMARTS) is 3. The van der Waals surface area contributed by atoms with Crippen molar-refractivity contribution in [3.05, 3.63) is 30.3 Å². The fraction of sp³-hybridized carbons (Fsp3) is 0.692. The van der Waals surface area contributed by atoms with Gasteiger partial charge in [0.05, 0.1) is 0 Å². The third-order valence-corrected chi connectivity index (χ3v) is 4.29. The summed E-state index contributed by atoms with van der Waals surface area (Å²) >= 11 is 0. The van der Waals surface area contributed by atoms with Gasteiger partial charge in [-0.1, -0.05) is 78.6 Å². The second kappa shape index (κ2) is 35.2. The van der Waals surface area contributed by atoms with E-state index in [1.165, 1.54) is 19.3 Å². The predicted molar refractivity (Wildman–Crippen MR) is 131 cm³/mol. The number of hydrogen-bond acceptors (Lipinski definition) is 3. The molecule has 0 aromatic heterocycles. The Labute approximate surface area is 220 Å². The smallest absolute Gasteiger partial charge is 0.303 e. The number of hydrogen-bond donors (Lipinski definition) is 3. The normalized spacial score (nSPS) is 8.94. The molecule has 1 aromatic carbocycles. The van der Waals surface area contributed by atoms with Crippen molar-refractivity contribution < 1.29 is 55.9 Å². The average molecular weight is 547 g/mol. The zero-order valence-electron chi connectivity index (χ0n) is 21.1. The van der Waals surface area contributed by atoms with Crippen molar-refractivity contribution in [3.8, 4) is 0 Å². The van der Waals surface area contributed by atoms with Gasteiger partial charge in [-0.15, -0.1) is 0 Å². The molecular weight excluding hydrogens is 500 g/mol. The van der Waals surface area contributed by atoms with E-state index in [0.29, 0.717) is 19.3 Å². The minimum atomic E-state index is -0.675. The van der Waals surface area contributed by atoms with Crippen molar-refractivity contribution in [1.82, 2.24) is 0 Å². The van der Waals surface area contributed by atoms with Gasteiger partial charge in [-0.05, 0) is 19.3 Å². The second-order valence-electron chi connectivity index (χ2n) is 7.58. The number of aliphatic carboxylic acids is 3. The fourth-order valence-corrected chi connectivity index (χ4v) is 2.43. The maximum absolute atomic E-state index is 9.96. The molecule has 0 aliphatic heterocycles. The molecule has 33 heavy (non-hydrogen) atoms. The largest absolute Gasteiger partial charge is 0.481 e. The third kappa shape index (κ3) is 53.7. The van der Waals surface area contributed by atoms with Gasteiger partial charge < -0.3 is 15.3 Å². The van der Waals surface area contributed by atoms with Crippen molar-refractivity contribution in [1.29, 1.82) is 0 Å². The SMILES string of the molecule is CCCCCCC(=O)O.CCCCCCC(=O)O.CCCCCCC(=O)O.[Zr].c1cc[cH-]c1. The fourth-order valence-electron chi connectivity index (χ4n) is 2.43. The summed E-state index contributed by atoms with van der Waals surface area (Å²) in [5, 5.41) is 24.6. The van der Waals surface area contributed by atoms with Crippen LogP contribution >= 0.6 is 0 Å². The molecule has 7 heteroatoms. The van der Waals surface area contributed by atoms with Gasteiger partial charge in [0, 0.05) is 45.5 Å². The molecule has 0 radical (unpaired) electrons. The molecule has 0 aliphatic carbocycles. The van der Waals surface area contributed by atoms with Crippen LogP contribution in [0.5, 0.6) is 0 Å². The van der Waals surface area contributed by atoms with Crippen LogP contribution in [0.15, 0.2) is 30.3 Å². The summed E-state index contributed by atoms with van der Waals surface area (Å²) in [5.41, 5.74) is 0. The van der Waals surface area contributed by atoms with Crippen LogP contribution < -0.4 is 0 Å². The topological polar surface area (TPSA) is 112 Å². The van der Waals surface area contributed by atoms with Crippen LogP contribution in [0.4, 0.5) is 0 Å². The first-order valence-electron chi connectivity index (χ1n) is 12.1. The van der Waals surface area contributed by atoms with Gasteiger partial charge in [-0.25, -0.2) is 12.1 Å². The van der Waals surface area contributed by atoms with E-state index >= 15 is 0 Å². The molecule has 0 fully saturated rings. The molecule has 0 bridgehead atoms. The quantitative estimate of drug-likeness (QED) is 0.155. The Morgan fingerprint density at radius 2 is 0.818 bits per heavy atom. The second-order valence-corrected chi connectivity index (χ2v) is 7.58. The molecule has 0 heterocycles. The molecular formula is C26H47O6Zr-. The van der Waals surface area contributed by atoms with E-state index in [1.54, 1.807) is 0 Å². The van der Waals surface area contributed by atoms with E-state index in [4.69, 9.17) is 15.3 Å². The zero-order valence-corrected chi connectivity index (χ0v) is 23.5. The molecule has 0 unspecified atom stereocenters. The van der Waals surface area contributed by atoms with Gasteiger partial charge in [0.1, 0.15) is 0 Å². The Kier molecular flexibility index (Phi) is 41.5. The van der Waals surface area contributed by atoms with Gasteiger partial charge in [-0.2, -0.15) is 18.2 Å². The predicted octanol–water partition coefficient (Wildman–Crippen LogP) is 7.53. The van der Waals surface area contributed by atoms with Crippen molar-refractivity contribution in [2.24, 2.45) is 0 Å². The Bertz CT molecular complexity index is 433. The van der Waals surface area contributed by atoms with E-state index in [2.05, 4.69) is 20.8 Å². The Hall–Kier alpha value is -1.36. The van der Waals surface area contributed by atoms with Crippen molar-refractivity contribution in [2.75, 3.05) is 0 Å². The summed E-state index contributed by atoms with van der Waals surface area (Å²) in [4.78, 5) is 29.9. The Balaban J connectivity index is -0.000000171. The first-order chi connectivity index (χ1) is 15.3. The molecule has 0 aliphatic rings. The van der Waals surface area contributed by atoms with Crippen LogP contribution in [-0.2, 0) is 40.6 Å². The molecule has 3 N–H and O–H groups in total. The van der Waals surface area contributed by atoms with Crippen molar-refractivity contribution in [2.45, 2.75) is 117 Å². The van der Waals surface area contributed by atoms with Crippen LogP contribution in [0.25, 0.3) is 0 Å². The molecule has 6 nitrogen and oxygen atoms in total. The summed E-state index contributed by atoms with van der Waals surface area (Å²) in [6, 6.07) is 10.0. The standard InChI is InChI=1S/3C7H14O2.C5H5.Zr/c3*1-2-3-4-5-6-7(8)9;1-2-4-5-3-1;/h3*2-6H2,1H3,(H,8,9);1-5H;/q;;;-1;. The molecule has 1 aromatic rings. The molecule has 1 rings (SSSR count). The molecule has 0 saturated heterocycles. The molecule has 192 valence electrons. The molecule has 0 amide bonds. The van der Waals surface area contributed by atoms with Gasteiger partial charge in [0.2, 0.25) is 0 Å². The Morgan fingerprint density at radius 3 is 0.970 bits per heavy atom. The van der Waals surface area contributed by atoms with Crippen LogP contribution in [0, 0.1) is 0 Å². The minimum Gasteiger partial charge on any atom is -0.481 e. The van der Waals surface area contributed by atoms with Crippen LogP contribution in [-0.4, -0.2) is 33.2 Å². The van der Waals surface area contributed by atoms with Gasteiger partial charge in [0.25, 0.3) is 0 Å². The molecule has 0 atom stereocenters. The number of rotatable bonds is 15. The van der Waals surface area contributed by atoms with Crippen molar-refractivity contribution >= 4 is 17.9 Å². The third-order valence-electron chi connectivity index (χ3n) is 4.29. The summed E-state index contributed by atoms with van der Waals surface area (Å²) in [7, 11) is 0. The molecule has 0 saturated carbocycles. The van der Waals surface area contributed by atoms with Crippen LogP contribution in [0.2, 0.25) is 0 Å². The van der Waals surface area contributed by atoms with Gasteiger partial charge in [-0.3, -0.25) is 14.4 Å². The van der Waals surface area contributed by atoms with E-state index in [9.17, 15) is 14.4 Å². The summed E-state index contributed by atoms with van der Waals surface area (Å²) in [5.74, 6) is -2.02. The maximum atomic E-state index is 9.96. The van der Waals surface area contributed by atoms with E-state index < -0.39 is 17.9 Å². The summed E-state index contributed by atoms with van der Waals surface area (Å²) < 4.78 is 0. The summed E-state index contributed by atoms with van der Waals surface area (Å²) in [6.07, 6.45) is 13.7.